The van der Waals surface area contributed by atoms with Gasteiger partial charge in [0.25, 0.3) is 0 Å². The van der Waals surface area contributed by atoms with Crippen LogP contribution in [0.3, 0.4) is 0 Å². The minimum atomic E-state index is -3.99. The van der Waals surface area contributed by atoms with Gasteiger partial charge in [-0.1, -0.05) is 30.4 Å². The molecular formula is C25H26F4O3. The average Bonchev–Trinajstić information content (AvgIpc) is 2.77. The van der Waals surface area contributed by atoms with Gasteiger partial charge in [-0.3, -0.25) is 0 Å². The minimum absolute atomic E-state index is 0.0711. The van der Waals surface area contributed by atoms with Crippen molar-refractivity contribution >= 4 is 0 Å². The van der Waals surface area contributed by atoms with Gasteiger partial charge in [0.2, 0.25) is 0 Å². The summed E-state index contributed by atoms with van der Waals surface area (Å²) in [5, 5.41) is 0. The van der Waals surface area contributed by atoms with Crippen LogP contribution >= 0.6 is 0 Å². The van der Waals surface area contributed by atoms with E-state index in [1.54, 1.807) is 37.5 Å². The molecule has 1 unspecified atom stereocenters. The maximum atomic E-state index is 14.7. The Bertz CT molecular complexity index is 968. The summed E-state index contributed by atoms with van der Waals surface area (Å²) in [5.41, 5.74) is -0.899. The van der Waals surface area contributed by atoms with Gasteiger partial charge in [-0.25, -0.2) is 8.78 Å². The summed E-state index contributed by atoms with van der Waals surface area (Å²) in [6, 6.07) is 8.30. The first kappa shape index (κ1) is 23.9. The third-order valence-electron chi connectivity index (χ3n) is 5.21. The topological polar surface area (TPSA) is 27.7 Å². The van der Waals surface area contributed by atoms with Crippen LogP contribution in [-0.2, 0) is 15.6 Å². The lowest BCUT2D eigenvalue weighted by molar-refractivity contribution is -0.228. The van der Waals surface area contributed by atoms with Gasteiger partial charge in [0, 0.05) is 19.1 Å². The van der Waals surface area contributed by atoms with Gasteiger partial charge in [-0.15, -0.1) is 0 Å². The van der Waals surface area contributed by atoms with Crippen molar-refractivity contribution in [2.75, 3.05) is 20.3 Å². The number of ether oxygens (including phenoxy) is 3. The van der Waals surface area contributed by atoms with Gasteiger partial charge in [0.05, 0.1) is 19.0 Å². The van der Waals surface area contributed by atoms with Crippen molar-refractivity contribution in [2.24, 2.45) is 5.92 Å². The van der Waals surface area contributed by atoms with Gasteiger partial charge < -0.3 is 14.2 Å². The summed E-state index contributed by atoms with van der Waals surface area (Å²) in [7, 11) is 1.59. The normalized spacial score (nSPS) is 16.8. The minimum Gasteiger partial charge on any atom is -0.494 e. The smallest absolute Gasteiger partial charge is 0.429 e. The number of hydrogen-bond acceptors (Lipinski definition) is 3. The van der Waals surface area contributed by atoms with Crippen LogP contribution in [0.15, 0.2) is 60.4 Å². The van der Waals surface area contributed by atoms with E-state index in [0.717, 1.165) is 12.1 Å². The van der Waals surface area contributed by atoms with Crippen LogP contribution in [0.25, 0.3) is 11.1 Å². The zero-order chi connectivity index (χ0) is 23.1. The summed E-state index contributed by atoms with van der Waals surface area (Å²) in [4.78, 5) is 0. The van der Waals surface area contributed by atoms with E-state index in [4.69, 9.17) is 14.2 Å². The van der Waals surface area contributed by atoms with Crippen LogP contribution in [0.1, 0.15) is 31.7 Å². The Kier molecular flexibility index (Phi) is 7.96. The molecular weight excluding hydrogens is 424 g/mol. The molecule has 0 radical (unpaired) electrons. The lowest BCUT2D eigenvalue weighted by atomic mass is 9.93. The molecule has 1 aliphatic carbocycles. The maximum Gasteiger partial charge on any atom is 0.429 e. The molecule has 2 aromatic carbocycles. The van der Waals surface area contributed by atoms with E-state index in [2.05, 4.69) is 0 Å². The van der Waals surface area contributed by atoms with Crippen molar-refractivity contribution in [1.29, 1.82) is 0 Å². The third-order valence-corrected chi connectivity index (χ3v) is 5.21. The predicted molar refractivity (Wildman–Crippen MR) is 114 cm³/mol. The monoisotopic (exact) mass is 450 g/mol. The molecule has 3 nitrogen and oxygen atoms in total. The van der Waals surface area contributed by atoms with Crippen LogP contribution in [0.5, 0.6) is 5.75 Å². The lowest BCUT2D eigenvalue weighted by Crippen LogP contribution is -2.22. The summed E-state index contributed by atoms with van der Waals surface area (Å²) in [6.07, 6.45) is 2.86. The number of halogens is 4. The van der Waals surface area contributed by atoms with Crippen LogP contribution in [0, 0.1) is 17.6 Å². The highest BCUT2D eigenvalue weighted by atomic mass is 19.3. The molecule has 0 heterocycles. The molecule has 0 saturated heterocycles. The second-order valence-electron chi connectivity index (χ2n) is 7.45. The molecule has 0 N–H and O–H groups in total. The van der Waals surface area contributed by atoms with E-state index in [1.807, 2.05) is 19.1 Å². The number of hydrogen-bond donors (Lipinski definition) is 0. The standard InChI is InChI=1S/C25H26F4O3/c1-3-31-19-12-8-18(9-13-19)21-14-15-22(24(27)23(21)26)25(28,29)32-20-10-6-17(7-11-20)5-4-16-30-2/h4-5,8-10,12-15,17H,3,6-7,11,16H2,1-2H3. The zero-order valence-electron chi connectivity index (χ0n) is 18.0. The van der Waals surface area contributed by atoms with Gasteiger partial charge in [-0.2, -0.15) is 8.78 Å². The molecule has 0 spiro atoms. The van der Waals surface area contributed by atoms with Gasteiger partial charge >= 0.3 is 6.11 Å². The molecule has 0 fully saturated rings. The van der Waals surface area contributed by atoms with Crippen LogP contribution in [-0.4, -0.2) is 20.3 Å². The summed E-state index contributed by atoms with van der Waals surface area (Å²) >= 11 is 0. The zero-order valence-corrected chi connectivity index (χ0v) is 18.0. The van der Waals surface area contributed by atoms with Crippen molar-refractivity contribution in [3.63, 3.8) is 0 Å². The van der Waals surface area contributed by atoms with Gasteiger partial charge in [0.1, 0.15) is 11.3 Å². The molecule has 1 aliphatic rings. The predicted octanol–water partition coefficient (Wildman–Crippen LogP) is 6.98. The van der Waals surface area contributed by atoms with Gasteiger partial charge in [0.15, 0.2) is 11.6 Å². The Morgan fingerprint density at radius 3 is 2.44 bits per heavy atom. The summed E-state index contributed by atoms with van der Waals surface area (Å²) < 4.78 is 73.8. The Hall–Kier alpha value is -2.80. The Labute approximate surface area is 185 Å². The van der Waals surface area contributed by atoms with E-state index in [1.165, 1.54) is 0 Å². The first-order chi connectivity index (χ1) is 15.4. The first-order valence-electron chi connectivity index (χ1n) is 10.5. The van der Waals surface area contributed by atoms with Crippen LogP contribution in [0.2, 0.25) is 0 Å². The lowest BCUT2D eigenvalue weighted by Gasteiger charge is -2.25. The molecule has 0 aliphatic heterocycles. The first-order valence-corrected chi connectivity index (χ1v) is 10.5. The molecule has 0 bridgehead atoms. The number of alkyl halides is 2. The number of methoxy groups -OCH3 is 1. The molecule has 0 aromatic heterocycles. The fourth-order valence-electron chi connectivity index (χ4n) is 3.56. The largest absolute Gasteiger partial charge is 0.494 e. The molecule has 7 heteroatoms. The SMILES string of the molecule is CCOc1ccc(-c2ccc(C(F)(F)OC3=CCC(C=CCOC)CC3)c(F)c2F)cc1. The van der Waals surface area contributed by atoms with E-state index < -0.39 is 23.3 Å². The van der Waals surface area contributed by atoms with E-state index in [9.17, 15) is 17.6 Å². The highest BCUT2D eigenvalue weighted by Gasteiger charge is 2.40. The second-order valence-corrected chi connectivity index (χ2v) is 7.45. The molecule has 2 aromatic rings. The average molecular weight is 450 g/mol. The summed E-state index contributed by atoms with van der Waals surface area (Å²) in [5.74, 6) is -2.13. The molecule has 0 amide bonds. The van der Waals surface area contributed by atoms with Crippen molar-refractivity contribution in [2.45, 2.75) is 32.3 Å². The van der Waals surface area contributed by atoms with E-state index in [-0.39, 0.29) is 23.7 Å². The molecule has 1 atom stereocenters. The second kappa shape index (κ2) is 10.7. The van der Waals surface area contributed by atoms with Crippen LogP contribution < -0.4 is 4.74 Å². The fraction of sp³-hybridized carbons (Fsp3) is 0.360. The van der Waals surface area contributed by atoms with Gasteiger partial charge in [-0.05, 0) is 55.5 Å². The van der Waals surface area contributed by atoms with E-state index >= 15 is 0 Å². The highest BCUT2D eigenvalue weighted by Crippen LogP contribution is 2.39. The van der Waals surface area contributed by atoms with Crippen molar-refractivity contribution in [3.8, 4) is 16.9 Å². The summed E-state index contributed by atoms with van der Waals surface area (Å²) in [6.45, 7) is 2.78. The quantitative estimate of drug-likeness (QED) is 0.305. The highest BCUT2D eigenvalue weighted by molar-refractivity contribution is 5.65. The number of benzene rings is 2. The fourth-order valence-corrected chi connectivity index (χ4v) is 3.56. The maximum absolute atomic E-state index is 14.7. The van der Waals surface area contributed by atoms with E-state index in [0.29, 0.717) is 37.4 Å². The Morgan fingerprint density at radius 2 is 1.81 bits per heavy atom. The number of allylic oxidation sites excluding steroid dienone is 3. The third kappa shape index (κ3) is 5.71. The Morgan fingerprint density at radius 1 is 1.06 bits per heavy atom. The van der Waals surface area contributed by atoms with Crippen LogP contribution in [0.4, 0.5) is 17.6 Å². The molecule has 3 rings (SSSR count). The molecule has 32 heavy (non-hydrogen) atoms. The molecule has 0 saturated carbocycles. The van der Waals surface area contributed by atoms with Crippen molar-refractivity contribution in [3.05, 3.63) is 77.6 Å². The van der Waals surface area contributed by atoms with Crippen molar-refractivity contribution < 1.29 is 31.8 Å². The van der Waals surface area contributed by atoms with Crippen molar-refractivity contribution in [1.82, 2.24) is 0 Å². The number of rotatable bonds is 9. The molecule has 172 valence electrons. The Balaban J connectivity index is 1.75.